The quantitative estimate of drug-likeness (QED) is 0.927. The molecule has 0 radical (unpaired) electrons. The first-order chi connectivity index (χ1) is 8.88. The number of aromatic nitrogens is 3. The molecule has 0 bridgehead atoms. The largest absolute Gasteiger partial charge is 0.477 e. The van der Waals surface area contributed by atoms with Crippen molar-refractivity contribution in [2.45, 2.75) is 12.7 Å². The standard InChI is InChI=1S/C11H8F3N3O2/c12-11(13,14)9-5-8(10(18)19)17(16-9)6-7-3-1-2-4-15-7/h1-5H,6H2,(H,18,19). The van der Waals surface area contributed by atoms with Crippen LogP contribution in [0.15, 0.2) is 30.5 Å². The van der Waals surface area contributed by atoms with E-state index in [9.17, 15) is 18.0 Å². The number of hydrogen-bond acceptors (Lipinski definition) is 3. The van der Waals surface area contributed by atoms with Gasteiger partial charge in [-0.05, 0) is 12.1 Å². The lowest BCUT2D eigenvalue weighted by Crippen LogP contribution is -2.12. The van der Waals surface area contributed by atoms with E-state index in [4.69, 9.17) is 5.11 Å². The molecule has 8 heteroatoms. The van der Waals surface area contributed by atoms with Crippen molar-refractivity contribution >= 4 is 5.97 Å². The van der Waals surface area contributed by atoms with Crippen LogP contribution in [0, 0.1) is 0 Å². The fourth-order valence-electron chi connectivity index (χ4n) is 1.49. The minimum Gasteiger partial charge on any atom is -0.477 e. The molecule has 0 aliphatic heterocycles. The summed E-state index contributed by atoms with van der Waals surface area (Å²) in [6.45, 7) is -0.140. The van der Waals surface area contributed by atoms with Gasteiger partial charge in [-0.2, -0.15) is 18.3 Å². The Morgan fingerprint density at radius 3 is 2.63 bits per heavy atom. The van der Waals surface area contributed by atoms with Crippen LogP contribution < -0.4 is 0 Å². The van der Waals surface area contributed by atoms with Crippen molar-refractivity contribution in [1.82, 2.24) is 14.8 Å². The third-order valence-electron chi connectivity index (χ3n) is 2.33. The molecule has 0 fully saturated rings. The molecule has 2 aromatic heterocycles. The van der Waals surface area contributed by atoms with Crippen molar-refractivity contribution in [3.63, 3.8) is 0 Å². The molecule has 0 aromatic carbocycles. The molecule has 0 aliphatic rings. The fraction of sp³-hybridized carbons (Fsp3) is 0.182. The van der Waals surface area contributed by atoms with Crippen molar-refractivity contribution in [1.29, 1.82) is 0 Å². The van der Waals surface area contributed by atoms with Crippen LogP contribution in [0.4, 0.5) is 13.2 Å². The average Bonchev–Trinajstić information content (AvgIpc) is 2.74. The number of hydrogen-bond donors (Lipinski definition) is 1. The zero-order valence-electron chi connectivity index (χ0n) is 9.42. The van der Waals surface area contributed by atoms with Gasteiger partial charge in [-0.3, -0.25) is 9.67 Å². The molecule has 2 aromatic rings. The topological polar surface area (TPSA) is 68.0 Å². The monoisotopic (exact) mass is 271 g/mol. The van der Waals surface area contributed by atoms with Crippen LogP contribution in [-0.2, 0) is 12.7 Å². The van der Waals surface area contributed by atoms with Gasteiger partial charge in [0.15, 0.2) is 5.69 Å². The van der Waals surface area contributed by atoms with Crippen LogP contribution in [0.2, 0.25) is 0 Å². The summed E-state index contributed by atoms with van der Waals surface area (Å²) in [7, 11) is 0. The molecule has 2 rings (SSSR count). The molecular weight excluding hydrogens is 263 g/mol. The Balaban J connectivity index is 2.39. The van der Waals surface area contributed by atoms with Crippen molar-refractivity contribution in [3.05, 3.63) is 47.5 Å². The molecule has 5 nitrogen and oxygen atoms in total. The maximum atomic E-state index is 12.5. The molecule has 2 heterocycles. The van der Waals surface area contributed by atoms with Crippen molar-refractivity contribution < 1.29 is 23.1 Å². The highest BCUT2D eigenvalue weighted by Gasteiger charge is 2.35. The Morgan fingerprint density at radius 2 is 2.11 bits per heavy atom. The number of nitrogens with zero attached hydrogens (tertiary/aromatic N) is 3. The Bertz CT molecular complexity index is 593. The molecule has 0 aliphatic carbocycles. The molecule has 0 saturated carbocycles. The fourth-order valence-corrected chi connectivity index (χ4v) is 1.49. The molecule has 1 N–H and O–H groups in total. The minimum atomic E-state index is -4.68. The zero-order valence-corrected chi connectivity index (χ0v) is 9.42. The second kappa shape index (κ2) is 4.71. The highest BCUT2D eigenvalue weighted by Crippen LogP contribution is 2.28. The SMILES string of the molecule is O=C(O)c1cc(C(F)(F)F)nn1Cc1ccccn1. The summed E-state index contributed by atoms with van der Waals surface area (Å²) in [5.41, 5.74) is -1.35. The zero-order chi connectivity index (χ0) is 14.0. The van der Waals surface area contributed by atoms with Gasteiger partial charge in [0.25, 0.3) is 0 Å². The van der Waals surface area contributed by atoms with E-state index in [0.29, 0.717) is 11.8 Å². The molecule has 0 amide bonds. The third-order valence-corrected chi connectivity index (χ3v) is 2.33. The summed E-state index contributed by atoms with van der Waals surface area (Å²) in [6, 6.07) is 5.37. The smallest absolute Gasteiger partial charge is 0.435 e. The van der Waals surface area contributed by atoms with Gasteiger partial charge >= 0.3 is 12.1 Å². The summed E-state index contributed by atoms with van der Waals surface area (Å²) >= 11 is 0. The van der Waals surface area contributed by atoms with Gasteiger partial charge in [0.2, 0.25) is 0 Å². The number of halogens is 3. The van der Waals surface area contributed by atoms with E-state index in [-0.39, 0.29) is 6.54 Å². The van der Waals surface area contributed by atoms with Crippen LogP contribution in [-0.4, -0.2) is 25.8 Å². The highest BCUT2D eigenvalue weighted by atomic mass is 19.4. The summed E-state index contributed by atoms with van der Waals surface area (Å²) in [4.78, 5) is 14.8. The number of alkyl halides is 3. The summed E-state index contributed by atoms with van der Waals surface area (Å²) in [6.07, 6.45) is -3.22. The average molecular weight is 271 g/mol. The number of pyridine rings is 1. The summed E-state index contributed by atoms with van der Waals surface area (Å²) < 4.78 is 38.3. The first kappa shape index (κ1) is 13.1. The van der Waals surface area contributed by atoms with Gasteiger partial charge in [-0.25, -0.2) is 4.79 Å². The van der Waals surface area contributed by atoms with E-state index in [1.165, 1.54) is 6.20 Å². The first-order valence-electron chi connectivity index (χ1n) is 5.16. The summed E-state index contributed by atoms with van der Waals surface area (Å²) in [5.74, 6) is -1.47. The van der Waals surface area contributed by atoms with E-state index in [2.05, 4.69) is 10.1 Å². The Morgan fingerprint density at radius 1 is 1.37 bits per heavy atom. The van der Waals surface area contributed by atoms with E-state index >= 15 is 0 Å². The summed E-state index contributed by atoms with van der Waals surface area (Å²) in [5, 5.41) is 12.1. The number of carboxylic acid groups (broad SMARTS) is 1. The Hall–Kier alpha value is -2.38. The lowest BCUT2D eigenvalue weighted by Gasteiger charge is -2.04. The van der Waals surface area contributed by atoms with Gasteiger partial charge in [-0.1, -0.05) is 6.07 Å². The van der Waals surface area contributed by atoms with Crippen LogP contribution in [0.25, 0.3) is 0 Å². The van der Waals surface area contributed by atoms with Gasteiger partial charge < -0.3 is 5.11 Å². The number of carbonyl (C=O) groups is 1. The number of rotatable bonds is 3. The molecule has 0 saturated heterocycles. The van der Waals surface area contributed by atoms with Gasteiger partial charge in [0.05, 0.1) is 12.2 Å². The number of aromatic carboxylic acids is 1. The second-order valence-electron chi connectivity index (χ2n) is 3.70. The first-order valence-corrected chi connectivity index (χ1v) is 5.16. The molecule has 100 valence electrons. The molecular formula is C11H8F3N3O2. The van der Waals surface area contributed by atoms with Gasteiger partial charge in [0.1, 0.15) is 5.69 Å². The van der Waals surface area contributed by atoms with E-state index in [1.54, 1.807) is 18.2 Å². The lowest BCUT2D eigenvalue weighted by atomic mass is 10.3. The lowest BCUT2D eigenvalue weighted by molar-refractivity contribution is -0.141. The highest BCUT2D eigenvalue weighted by molar-refractivity contribution is 5.85. The normalized spacial score (nSPS) is 11.5. The van der Waals surface area contributed by atoms with E-state index in [0.717, 1.165) is 4.68 Å². The van der Waals surface area contributed by atoms with Crippen LogP contribution >= 0.6 is 0 Å². The predicted molar refractivity (Wildman–Crippen MR) is 57.5 cm³/mol. The van der Waals surface area contributed by atoms with Crippen molar-refractivity contribution in [2.75, 3.05) is 0 Å². The van der Waals surface area contributed by atoms with E-state index < -0.39 is 23.5 Å². The van der Waals surface area contributed by atoms with Crippen molar-refractivity contribution in [2.24, 2.45) is 0 Å². The van der Waals surface area contributed by atoms with Crippen LogP contribution in [0.1, 0.15) is 21.9 Å². The maximum absolute atomic E-state index is 12.5. The number of carboxylic acids is 1. The Labute approximate surface area is 105 Å². The van der Waals surface area contributed by atoms with Gasteiger partial charge in [0, 0.05) is 12.3 Å². The maximum Gasteiger partial charge on any atom is 0.435 e. The van der Waals surface area contributed by atoms with Crippen LogP contribution in [0.3, 0.4) is 0 Å². The van der Waals surface area contributed by atoms with Gasteiger partial charge in [-0.15, -0.1) is 0 Å². The van der Waals surface area contributed by atoms with E-state index in [1.807, 2.05) is 0 Å². The second-order valence-corrected chi connectivity index (χ2v) is 3.70. The van der Waals surface area contributed by atoms with Crippen molar-refractivity contribution in [3.8, 4) is 0 Å². The molecule has 0 unspecified atom stereocenters. The third kappa shape index (κ3) is 2.90. The Kier molecular flexibility index (Phi) is 3.24. The predicted octanol–water partition coefficient (Wildman–Crippen LogP) is 2.04. The molecule has 19 heavy (non-hydrogen) atoms. The minimum absolute atomic E-state index is 0.140. The van der Waals surface area contributed by atoms with Crippen LogP contribution in [0.5, 0.6) is 0 Å². The molecule has 0 spiro atoms. The molecule has 0 atom stereocenters.